The quantitative estimate of drug-likeness (QED) is 0.728. The molecular formula is C13H8Cl4O. The SMILES string of the molecule is OCc1cc(Cl)cc(-c2ccc(Cl)c(Cl)c2Cl)c1. The van der Waals surface area contributed by atoms with Gasteiger partial charge in [-0.15, -0.1) is 0 Å². The Hall–Kier alpha value is -0.440. The summed E-state index contributed by atoms with van der Waals surface area (Å²) >= 11 is 24.0. The molecule has 0 heterocycles. The van der Waals surface area contributed by atoms with Crippen molar-refractivity contribution in [3.63, 3.8) is 0 Å². The number of hydrogen-bond acceptors (Lipinski definition) is 1. The van der Waals surface area contributed by atoms with Crippen molar-refractivity contribution in [1.29, 1.82) is 0 Å². The van der Waals surface area contributed by atoms with Crippen molar-refractivity contribution < 1.29 is 5.11 Å². The van der Waals surface area contributed by atoms with Crippen LogP contribution in [0.2, 0.25) is 20.1 Å². The third-order valence-corrected chi connectivity index (χ3v) is 4.00. The fourth-order valence-electron chi connectivity index (χ4n) is 1.65. The lowest BCUT2D eigenvalue weighted by molar-refractivity contribution is 0.282. The molecule has 0 aliphatic rings. The minimum absolute atomic E-state index is 0.0908. The number of hydrogen-bond donors (Lipinski definition) is 1. The van der Waals surface area contributed by atoms with Gasteiger partial charge in [-0.2, -0.15) is 0 Å². The van der Waals surface area contributed by atoms with Crippen LogP contribution >= 0.6 is 46.4 Å². The minimum atomic E-state index is -0.0908. The molecule has 1 nitrogen and oxygen atoms in total. The molecule has 0 atom stereocenters. The zero-order valence-electron chi connectivity index (χ0n) is 9.05. The lowest BCUT2D eigenvalue weighted by Gasteiger charge is -2.09. The average Bonchev–Trinajstić information content (AvgIpc) is 2.35. The molecule has 0 spiro atoms. The predicted octanol–water partition coefficient (Wildman–Crippen LogP) is 5.46. The van der Waals surface area contributed by atoms with Gasteiger partial charge in [0.25, 0.3) is 0 Å². The minimum Gasteiger partial charge on any atom is -0.392 e. The van der Waals surface area contributed by atoms with Crippen molar-refractivity contribution in [2.45, 2.75) is 6.61 Å². The Morgan fingerprint density at radius 2 is 1.61 bits per heavy atom. The topological polar surface area (TPSA) is 20.2 Å². The van der Waals surface area contributed by atoms with E-state index in [1.54, 1.807) is 30.3 Å². The van der Waals surface area contributed by atoms with E-state index in [9.17, 15) is 0 Å². The average molecular weight is 322 g/mol. The maximum atomic E-state index is 9.16. The van der Waals surface area contributed by atoms with E-state index in [0.717, 1.165) is 11.1 Å². The van der Waals surface area contributed by atoms with E-state index in [0.29, 0.717) is 25.7 Å². The molecule has 1 N–H and O–H groups in total. The number of halogens is 4. The number of aliphatic hydroxyl groups excluding tert-OH is 1. The van der Waals surface area contributed by atoms with Crippen LogP contribution in [0, 0.1) is 0 Å². The largest absolute Gasteiger partial charge is 0.392 e. The molecule has 2 aromatic rings. The van der Waals surface area contributed by atoms with Gasteiger partial charge < -0.3 is 5.11 Å². The second-order valence-electron chi connectivity index (χ2n) is 3.73. The number of rotatable bonds is 2. The fourth-order valence-corrected chi connectivity index (χ4v) is 2.55. The highest BCUT2D eigenvalue weighted by Crippen LogP contribution is 2.38. The van der Waals surface area contributed by atoms with Gasteiger partial charge in [-0.25, -0.2) is 0 Å². The second kappa shape index (κ2) is 5.68. The van der Waals surface area contributed by atoms with Crippen LogP contribution in [0.1, 0.15) is 5.56 Å². The Labute approximate surface area is 125 Å². The first-order chi connectivity index (χ1) is 8.52. The van der Waals surface area contributed by atoms with Gasteiger partial charge in [-0.3, -0.25) is 0 Å². The third kappa shape index (κ3) is 2.76. The highest BCUT2D eigenvalue weighted by Gasteiger charge is 2.11. The molecule has 0 radical (unpaired) electrons. The Morgan fingerprint density at radius 1 is 0.889 bits per heavy atom. The summed E-state index contributed by atoms with van der Waals surface area (Å²) in [6, 6.07) is 8.69. The first-order valence-corrected chi connectivity index (χ1v) is 6.58. The number of benzene rings is 2. The molecule has 0 aliphatic carbocycles. The first-order valence-electron chi connectivity index (χ1n) is 5.07. The molecule has 0 fully saturated rings. The summed E-state index contributed by atoms with van der Waals surface area (Å²) in [5.74, 6) is 0. The van der Waals surface area contributed by atoms with Gasteiger partial charge in [0.15, 0.2) is 0 Å². The van der Waals surface area contributed by atoms with Crippen LogP contribution < -0.4 is 0 Å². The van der Waals surface area contributed by atoms with Gasteiger partial charge >= 0.3 is 0 Å². The van der Waals surface area contributed by atoms with Crippen LogP contribution in [-0.4, -0.2) is 5.11 Å². The van der Waals surface area contributed by atoms with E-state index in [1.165, 1.54) is 0 Å². The third-order valence-electron chi connectivity index (χ3n) is 2.49. The van der Waals surface area contributed by atoms with Crippen LogP contribution in [-0.2, 0) is 6.61 Å². The maximum absolute atomic E-state index is 9.16. The van der Waals surface area contributed by atoms with E-state index < -0.39 is 0 Å². The molecule has 0 saturated heterocycles. The van der Waals surface area contributed by atoms with Crippen molar-refractivity contribution in [3.8, 4) is 11.1 Å². The molecular weight excluding hydrogens is 314 g/mol. The highest BCUT2D eigenvalue weighted by atomic mass is 35.5. The molecule has 18 heavy (non-hydrogen) atoms. The molecule has 0 bridgehead atoms. The summed E-state index contributed by atoms with van der Waals surface area (Å²) < 4.78 is 0. The summed E-state index contributed by atoms with van der Waals surface area (Å²) in [4.78, 5) is 0. The lowest BCUT2D eigenvalue weighted by Crippen LogP contribution is -1.87. The van der Waals surface area contributed by atoms with Crippen LogP contribution in [0.15, 0.2) is 30.3 Å². The van der Waals surface area contributed by atoms with E-state index in [1.807, 2.05) is 0 Å². The molecule has 2 aromatic carbocycles. The van der Waals surface area contributed by atoms with Gasteiger partial charge in [0.05, 0.1) is 21.7 Å². The van der Waals surface area contributed by atoms with Gasteiger partial charge in [0.2, 0.25) is 0 Å². The Bertz CT molecular complexity index is 596. The first kappa shape index (κ1) is 14.0. The molecule has 0 aliphatic heterocycles. The predicted molar refractivity (Wildman–Crippen MR) is 77.8 cm³/mol. The monoisotopic (exact) mass is 320 g/mol. The molecule has 5 heteroatoms. The lowest BCUT2D eigenvalue weighted by atomic mass is 10.0. The summed E-state index contributed by atoms with van der Waals surface area (Å²) in [5.41, 5.74) is 2.22. The summed E-state index contributed by atoms with van der Waals surface area (Å²) in [5, 5.41) is 10.8. The van der Waals surface area contributed by atoms with Gasteiger partial charge in [-0.05, 0) is 35.4 Å². The van der Waals surface area contributed by atoms with E-state index in [4.69, 9.17) is 51.5 Å². The van der Waals surface area contributed by atoms with Crippen LogP contribution in [0.3, 0.4) is 0 Å². The molecule has 0 aromatic heterocycles. The normalized spacial score (nSPS) is 10.7. The van der Waals surface area contributed by atoms with Crippen molar-refractivity contribution in [1.82, 2.24) is 0 Å². The summed E-state index contributed by atoms with van der Waals surface area (Å²) in [7, 11) is 0. The molecule has 94 valence electrons. The zero-order chi connectivity index (χ0) is 13.3. The van der Waals surface area contributed by atoms with Crippen LogP contribution in [0.4, 0.5) is 0 Å². The Morgan fingerprint density at radius 3 is 2.28 bits per heavy atom. The Balaban J connectivity index is 2.62. The standard InChI is InChI=1S/C13H8Cl4O/c14-9-4-7(6-18)3-8(5-9)10-1-2-11(15)13(17)12(10)16/h1-5,18H,6H2. The molecule has 0 unspecified atom stereocenters. The van der Waals surface area contributed by atoms with Gasteiger partial charge in [-0.1, -0.05) is 52.5 Å². The van der Waals surface area contributed by atoms with Crippen molar-refractivity contribution in [3.05, 3.63) is 56.0 Å². The molecule has 0 amide bonds. The van der Waals surface area contributed by atoms with Gasteiger partial charge in [0.1, 0.15) is 0 Å². The van der Waals surface area contributed by atoms with Crippen molar-refractivity contribution >= 4 is 46.4 Å². The summed E-state index contributed by atoms with van der Waals surface area (Å²) in [6.45, 7) is -0.0908. The smallest absolute Gasteiger partial charge is 0.0784 e. The molecule has 2 rings (SSSR count). The Kier molecular flexibility index (Phi) is 4.41. The maximum Gasteiger partial charge on any atom is 0.0784 e. The zero-order valence-corrected chi connectivity index (χ0v) is 12.1. The van der Waals surface area contributed by atoms with Crippen LogP contribution in [0.25, 0.3) is 11.1 Å². The van der Waals surface area contributed by atoms with E-state index in [-0.39, 0.29) is 6.61 Å². The highest BCUT2D eigenvalue weighted by molar-refractivity contribution is 6.49. The van der Waals surface area contributed by atoms with Crippen molar-refractivity contribution in [2.24, 2.45) is 0 Å². The van der Waals surface area contributed by atoms with Crippen LogP contribution in [0.5, 0.6) is 0 Å². The number of aliphatic hydroxyl groups is 1. The van der Waals surface area contributed by atoms with E-state index in [2.05, 4.69) is 0 Å². The molecule has 0 saturated carbocycles. The van der Waals surface area contributed by atoms with E-state index >= 15 is 0 Å². The van der Waals surface area contributed by atoms with Crippen molar-refractivity contribution in [2.75, 3.05) is 0 Å². The fraction of sp³-hybridized carbons (Fsp3) is 0.0769. The van der Waals surface area contributed by atoms with Gasteiger partial charge in [0, 0.05) is 10.6 Å². The summed E-state index contributed by atoms with van der Waals surface area (Å²) in [6.07, 6.45) is 0. The second-order valence-corrected chi connectivity index (χ2v) is 5.33.